The van der Waals surface area contributed by atoms with Crippen molar-refractivity contribution in [2.24, 2.45) is 10.9 Å². The van der Waals surface area contributed by atoms with Gasteiger partial charge in [0.25, 0.3) is 0 Å². The Hall–Kier alpha value is -0.980. The molecule has 0 saturated heterocycles. The summed E-state index contributed by atoms with van der Waals surface area (Å²) in [5.41, 5.74) is 4.17. The number of aliphatic imine (C=N–C) groups is 1. The van der Waals surface area contributed by atoms with E-state index in [4.69, 9.17) is 0 Å². The van der Waals surface area contributed by atoms with Crippen molar-refractivity contribution < 1.29 is 0 Å². The molecule has 1 heterocycles. The maximum atomic E-state index is 4.29. The van der Waals surface area contributed by atoms with Crippen molar-refractivity contribution in [1.29, 1.82) is 0 Å². The van der Waals surface area contributed by atoms with Gasteiger partial charge in [0.05, 0.1) is 0 Å². The third kappa shape index (κ3) is 6.20. The second-order valence-corrected chi connectivity index (χ2v) is 6.52. The van der Waals surface area contributed by atoms with E-state index in [2.05, 4.69) is 59.6 Å². The number of rotatable bonds is 5. The monoisotopic (exact) mass is 430 g/mol. The van der Waals surface area contributed by atoms with E-state index in [0.717, 1.165) is 32.0 Å². The van der Waals surface area contributed by atoms with Gasteiger partial charge in [0.2, 0.25) is 0 Å². The zero-order chi connectivity index (χ0) is 15.9. The van der Waals surface area contributed by atoms with Gasteiger partial charge in [0.1, 0.15) is 0 Å². The van der Waals surface area contributed by atoms with E-state index in [-0.39, 0.29) is 24.0 Å². The van der Waals surface area contributed by atoms with Crippen LogP contribution in [0, 0.1) is 5.92 Å². The minimum absolute atomic E-state index is 0. The van der Waals surface area contributed by atoms with E-state index >= 15 is 0 Å². The molecule has 0 aromatic heterocycles. The number of benzene rings is 1. The summed E-state index contributed by atoms with van der Waals surface area (Å²) in [6.45, 7) is 7.42. The third-order valence-electron chi connectivity index (χ3n) is 4.19. The topological polar surface area (TPSA) is 39.7 Å². The molecule has 130 valence electrons. The molecule has 0 aliphatic carbocycles. The summed E-state index contributed by atoms with van der Waals surface area (Å²) in [7, 11) is 4.00. The van der Waals surface area contributed by atoms with Crippen LogP contribution in [0.2, 0.25) is 0 Å². The molecule has 0 radical (unpaired) electrons. The van der Waals surface area contributed by atoms with Crippen molar-refractivity contribution in [1.82, 2.24) is 10.6 Å². The van der Waals surface area contributed by atoms with E-state index in [1.165, 1.54) is 29.7 Å². The van der Waals surface area contributed by atoms with E-state index in [0.29, 0.717) is 5.92 Å². The van der Waals surface area contributed by atoms with Crippen LogP contribution in [0.15, 0.2) is 23.2 Å². The Bertz CT molecular complexity index is 514. The van der Waals surface area contributed by atoms with Gasteiger partial charge in [-0.1, -0.05) is 26.0 Å². The Kier molecular flexibility index (Phi) is 8.73. The fraction of sp³-hybridized carbons (Fsp3) is 0.611. The van der Waals surface area contributed by atoms with Crippen molar-refractivity contribution in [3.63, 3.8) is 0 Å². The van der Waals surface area contributed by atoms with Gasteiger partial charge in [0, 0.05) is 39.4 Å². The van der Waals surface area contributed by atoms with Crippen LogP contribution in [0.4, 0.5) is 5.69 Å². The number of nitrogens with one attached hydrogen (secondary N) is 2. The lowest BCUT2D eigenvalue weighted by Crippen LogP contribution is -2.37. The van der Waals surface area contributed by atoms with Gasteiger partial charge in [-0.25, -0.2) is 0 Å². The predicted octanol–water partition coefficient (Wildman–Crippen LogP) is 3.40. The molecule has 0 atom stereocenters. The number of halogens is 1. The van der Waals surface area contributed by atoms with Gasteiger partial charge in [-0.3, -0.25) is 4.99 Å². The molecule has 1 aliphatic heterocycles. The Morgan fingerprint density at radius 1 is 1.30 bits per heavy atom. The van der Waals surface area contributed by atoms with Crippen LogP contribution in [0.1, 0.15) is 37.8 Å². The third-order valence-corrected chi connectivity index (χ3v) is 4.19. The van der Waals surface area contributed by atoms with Crippen LogP contribution in [0.25, 0.3) is 0 Å². The van der Waals surface area contributed by atoms with Gasteiger partial charge < -0.3 is 15.5 Å². The number of aryl methyl sites for hydroxylation is 1. The van der Waals surface area contributed by atoms with Crippen LogP contribution >= 0.6 is 24.0 Å². The summed E-state index contributed by atoms with van der Waals surface area (Å²) in [5, 5.41) is 6.77. The second-order valence-electron chi connectivity index (χ2n) is 6.52. The zero-order valence-corrected chi connectivity index (χ0v) is 17.2. The first-order valence-corrected chi connectivity index (χ1v) is 8.37. The average molecular weight is 430 g/mol. The van der Waals surface area contributed by atoms with Crippen molar-refractivity contribution in [3.05, 3.63) is 29.3 Å². The second kappa shape index (κ2) is 10.0. The Morgan fingerprint density at radius 3 is 2.78 bits per heavy atom. The number of anilines is 1. The molecule has 2 N–H and O–H groups in total. The summed E-state index contributed by atoms with van der Waals surface area (Å²) in [5.74, 6) is 1.60. The SMILES string of the molecule is CN=C(NCCC(C)C)NCc1ccc2c(c1)CCCN2C.I. The van der Waals surface area contributed by atoms with Gasteiger partial charge in [-0.2, -0.15) is 0 Å². The summed E-state index contributed by atoms with van der Waals surface area (Å²) in [6, 6.07) is 6.80. The smallest absolute Gasteiger partial charge is 0.191 e. The molecular weight excluding hydrogens is 399 g/mol. The maximum Gasteiger partial charge on any atom is 0.191 e. The normalized spacial score (nSPS) is 14.3. The lowest BCUT2D eigenvalue weighted by atomic mass is 9.99. The first-order chi connectivity index (χ1) is 10.6. The summed E-state index contributed by atoms with van der Waals surface area (Å²) in [4.78, 5) is 6.64. The number of hydrogen-bond donors (Lipinski definition) is 2. The van der Waals surface area contributed by atoms with Crippen LogP contribution in [0.3, 0.4) is 0 Å². The molecule has 4 nitrogen and oxygen atoms in total. The molecule has 2 rings (SSSR count). The molecule has 0 unspecified atom stereocenters. The number of fused-ring (bicyclic) bond motifs is 1. The molecule has 1 aromatic carbocycles. The van der Waals surface area contributed by atoms with Crippen molar-refractivity contribution in [2.75, 3.05) is 32.1 Å². The van der Waals surface area contributed by atoms with Gasteiger partial charge in [-0.05, 0) is 42.4 Å². The number of nitrogens with zero attached hydrogens (tertiary/aromatic N) is 2. The van der Waals surface area contributed by atoms with Crippen LogP contribution < -0.4 is 15.5 Å². The lowest BCUT2D eigenvalue weighted by molar-refractivity contribution is 0.573. The quantitative estimate of drug-likeness (QED) is 0.428. The fourth-order valence-corrected chi connectivity index (χ4v) is 2.83. The number of guanidine groups is 1. The molecule has 0 amide bonds. The van der Waals surface area contributed by atoms with E-state index in [1.54, 1.807) is 0 Å². The van der Waals surface area contributed by atoms with E-state index in [9.17, 15) is 0 Å². The van der Waals surface area contributed by atoms with Gasteiger partial charge >= 0.3 is 0 Å². The van der Waals surface area contributed by atoms with Crippen LogP contribution in [0.5, 0.6) is 0 Å². The summed E-state index contributed by atoms with van der Waals surface area (Å²) < 4.78 is 0. The Balaban J connectivity index is 0.00000264. The lowest BCUT2D eigenvalue weighted by Gasteiger charge is -2.28. The van der Waals surface area contributed by atoms with Gasteiger partial charge in [0.15, 0.2) is 5.96 Å². The van der Waals surface area contributed by atoms with E-state index in [1.807, 2.05) is 7.05 Å². The molecule has 5 heteroatoms. The van der Waals surface area contributed by atoms with Crippen molar-refractivity contribution >= 4 is 35.6 Å². The first kappa shape index (κ1) is 20.1. The first-order valence-electron chi connectivity index (χ1n) is 8.37. The highest BCUT2D eigenvalue weighted by atomic mass is 127. The fourth-order valence-electron chi connectivity index (χ4n) is 2.83. The Labute approximate surface area is 158 Å². The average Bonchev–Trinajstić information content (AvgIpc) is 2.50. The standard InChI is InChI=1S/C18H30N4.HI/c1-14(2)9-10-20-18(19-3)21-13-15-7-8-17-16(12-15)6-5-11-22(17)4;/h7-8,12,14H,5-6,9-11,13H2,1-4H3,(H2,19,20,21);1H. The van der Waals surface area contributed by atoms with E-state index < -0.39 is 0 Å². The highest BCUT2D eigenvalue weighted by molar-refractivity contribution is 14.0. The maximum absolute atomic E-state index is 4.29. The van der Waals surface area contributed by atoms with Crippen molar-refractivity contribution in [2.45, 2.75) is 39.7 Å². The molecule has 23 heavy (non-hydrogen) atoms. The molecule has 1 aromatic rings. The minimum Gasteiger partial charge on any atom is -0.374 e. The predicted molar refractivity (Wildman–Crippen MR) is 111 cm³/mol. The highest BCUT2D eigenvalue weighted by Gasteiger charge is 2.13. The number of hydrogen-bond acceptors (Lipinski definition) is 2. The van der Waals surface area contributed by atoms with Gasteiger partial charge in [-0.15, -0.1) is 24.0 Å². The largest absolute Gasteiger partial charge is 0.374 e. The molecule has 0 saturated carbocycles. The van der Waals surface area contributed by atoms with Crippen LogP contribution in [-0.4, -0.2) is 33.1 Å². The summed E-state index contributed by atoms with van der Waals surface area (Å²) in [6.07, 6.45) is 3.60. The van der Waals surface area contributed by atoms with Crippen molar-refractivity contribution in [3.8, 4) is 0 Å². The minimum atomic E-state index is 0. The molecule has 0 spiro atoms. The van der Waals surface area contributed by atoms with Crippen LogP contribution in [-0.2, 0) is 13.0 Å². The summed E-state index contributed by atoms with van der Waals surface area (Å²) >= 11 is 0. The highest BCUT2D eigenvalue weighted by Crippen LogP contribution is 2.26. The molecule has 0 fully saturated rings. The molecular formula is C18H31IN4. The molecule has 1 aliphatic rings. The zero-order valence-electron chi connectivity index (χ0n) is 14.9. The molecule has 0 bridgehead atoms. The Morgan fingerprint density at radius 2 is 2.09 bits per heavy atom.